The lowest BCUT2D eigenvalue weighted by Crippen LogP contribution is -2.36. The average Bonchev–Trinajstić information content (AvgIpc) is 2.58. The molecule has 0 aliphatic heterocycles. The van der Waals surface area contributed by atoms with Gasteiger partial charge in [-0.25, -0.2) is 4.79 Å². The Morgan fingerprint density at radius 3 is 2.86 bits per heavy atom. The van der Waals surface area contributed by atoms with Gasteiger partial charge in [-0.15, -0.1) is 0 Å². The van der Waals surface area contributed by atoms with E-state index in [2.05, 4.69) is 10.6 Å². The van der Waals surface area contributed by atoms with E-state index in [4.69, 9.17) is 16.7 Å². The molecule has 0 spiro atoms. The second-order valence-corrected chi connectivity index (χ2v) is 3.73. The van der Waals surface area contributed by atoms with Crippen LogP contribution < -0.4 is 10.6 Å². The lowest BCUT2D eigenvalue weighted by molar-refractivity contribution is 0.234. The third kappa shape index (κ3) is 3.53. The van der Waals surface area contributed by atoms with Crippen LogP contribution in [0.5, 0.6) is 0 Å². The number of carbonyl (C=O) groups excluding carboxylic acids is 1. The summed E-state index contributed by atoms with van der Waals surface area (Å²) in [5.74, 6) is 0. The average molecular weight is 235 g/mol. The Balaban J connectivity index is 2.27. The minimum Gasteiger partial charge on any atom is -0.395 e. The molecule has 1 aromatic rings. The molecule has 0 unspecified atom stereocenters. The Kier molecular flexibility index (Phi) is 4.72. The third-order valence-electron chi connectivity index (χ3n) is 1.53. The molecule has 1 aromatic heterocycles. The van der Waals surface area contributed by atoms with Crippen LogP contribution >= 0.6 is 22.9 Å². The van der Waals surface area contributed by atoms with E-state index in [1.807, 2.05) is 10.8 Å². The summed E-state index contributed by atoms with van der Waals surface area (Å²) in [6, 6.07) is -0.304. The number of hydrogen-bond donors (Lipinski definition) is 3. The summed E-state index contributed by atoms with van der Waals surface area (Å²) in [4.78, 5) is 11.0. The summed E-state index contributed by atoms with van der Waals surface area (Å²) < 4.78 is 0. The maximum atomic E-state index is 11.0. The molecule has 1 heterocycles. The van der Waals surface area contributed by atoms with Crippen molar-refractivity contribution in [1.29, 1.82) is 0 Å². The molecule has 4 nitrogen and oxygen atoms in total. The molecule has 0 radical (unpaired) electrons. The number of aliphatic hydroxyl groups is 1. The number of urea groups is 1. The highest BCUT2D eigenvalue weighted by atomic mass is 35.5. The van der Waals surface area contributed by atoms with Crippen LogP contribution in [0.1, 0.15) is 5.56 Å². The first-order valence-corrected chi connectivity index (χ1v) is 5.39. The number of carbonyl (C=O) groups is 1. The van der Waals surface area contributed by atoms with E-state index in [9.17, 15) is 4.79 Å². The SMILES string of the molecule is O=C(NCCO)NCc1cscc1Cl. The Morgan fingerprint density at radius 2 is 2.29 bits per heavy atom. The molecule has 14 heavy (non-hydrogen) atoms. The second-order valence-electron chi connectivity index (χ2n) is 2.58. The van der Waals surface area contributed by atoms with Crippen LogP contribution in [0.15, 0.2) is 10.8 Å². The van der Waals surface area contributed by atoms with E-state index in [1.54, 1.807) is 0 Å². The summed E-state index contributed by atoms with van der Waals surface area (Å²) in [5, 5.41) is 17.9. The Labute approximate surface area is 90.9 Å². The zero-order valence-corrected chi connectivity index (χ0v) is 8.99. The maximum absolute atomic E-state index is 11.0. The van der Waals surface area contributed by atoms with Gasteiger partial charge in [-0.3, -0.25) is 0 Å². The molecule has 78 valence electrons. The predicted molar refractivity (Wildman–Crippen MR) is 56.7 cm³/mol. The molecule has 6 heteroatoms. The van der Waals surface area contributed by atoms with Crippen LogP contribution in [-0.4, -0.2) is 24.3 Å². The fourth-order valence-corrected chi connectivity index (χ4v) is 1.90. The number of thiophene rings is 1. The number of halogens is 1. The molecule has 0 bridgehead atoms. The first kappa shape index (κ1) is 11.3. The van der Waals surface area contributed by atoms with Crippen LogP contribution in [0, 0.1) is 0 Å². The summed E-state index contributed by atoms with van der Waals surface area (Å²) >= 11 is 7.32. The molecule has 0 saturated heterocycles. The van der Waals surface area contributed by atoms with Crippen molar-refractivity contribution in [1.82, 2.24) is 10.6 Å². The number of aliphatic hydroxyl groups excluding tert-OH is 1. The van der Waals surface area contributed by atoms with Gasteiger partial charge in [0.1, 0.15) is 0 Å². The lowest BCUT2D eigenvalue weighted by Gasteiger charge is -2.05. The molecule has 0 fully saturated rings. The zero-order valence-electron chi connectivity index (χ0n) is 7.42. The molecule has 1 rings (SSSR count). The van der Waals surface area contributed by atoms with Crippen molar-refractivity contribution >= 4 is 29.0 Å². The summed E-state index contributed by atoms with van der Waals surface area (Å²) in [6.45, 7) is 0.593. The highest BCUT2D eigenvalue weighted by Crippen LogP contribution is 2.19. The van der Waals surface area contributed by atoms with E-state index in [-0.39, 0.29) is 19.2 Å². The second kappa shape index (κ2) is 5.85. The van der Waals surface area contributed by atoms with E-state index in [1.165, 1.54) is 11.3 Å². The minimum atomic E-state index is -0.304. The van der Waals surface area contributed by atoms with Gasteiger partial charge < -0.3 is 15.7 Å². The topological polar surface area (TPSA) is 61.4 Å². The van der Waals surface area contributed by atoms with Crippen molar-refractivity contribution < 1.29 is 9.90 Å². The van der Waals surface area contributed by atoms with Crippen molar-refractivity contribution in [3.05, 3.63) is 21.3 Å². The predicted octanol–water partition coefficient (Wildman–Crippen LogP) is 1.19. The Morgan fingerprint density at radius 1 is 1.50 bits per heavy atom. The number of nitrogens with one attached hydrogen (secondary N) is 2. The van der Waals surface area contributed by atoms with Gasteiger partial charge in [0.2, 0.25) is 0 Å². The Bertz CT molecular complexity index is 303. The van der Waals surface area contributed by atoms with Crippen LogP contribution in [0.3, 0.4) is 0 Å². The zero-order chi connectivity index (χ0) is 10.4. The monoisotopic (exact) mass is 234 g/mol. The molecule has 0 atom stereocenters. The van der Waals surface area contributed by atoms with Crippen molar-refractivity contribution in [3.8, 4) is 0 Å². The molecule has 0 aliphatic rings. The molecular weight excluding hydrogens is 224 g/mol. The molecule has 0 saturated carbocycles. The molecule has 0 aliphatic carbocycles. The van der Waals surface area contributed by atoms with Crippen molar-refractivity contribution in [3.63, 3.8) is 0 Å². The van der Waals surface area contributed by atoms with Gasteiger partial charge in [0.15, 0.2) is 0 Å². The van der Waals surface area contributed by atoms with Crippen LogP contribution in [0.25, 0.3) is 0 Å². The highest BCUT2D eigenvalue weighted by molar-refractivity contribution is 7.08. The first-order chi connectivity index (χ1) is 6.74. The van der Waals surface area contributed by atoms with Crippen molar-refractivity contribution in [2.45, 2.75) is 6.54 Å². The fourth-order valence-electron chi connectivity index (χ4n) is 0.841. The van der Waals surface area contributed by atoms with Gasteiger partial charge in [-0.05, 0) is 5.38 Å². The van der Waals surface area contributed by atoms with Gasteiger partial charge in [-0.2, -0.15) is 11.3 Å². The molecular formula is C8H11ClN2O2S. The summed E-state index contributed by atoms with van der Waals surface area (Å²) in [7, 11) is 0. The highest BCUT2D eigenvalue weighted by Gasteiger charge is 2.03. The van der Waals surface area contributed by atoms with Gasteiger partial charge in [0.25, 0.3) is 0 Å². The van der Waals surface area contributed by atoms with Crippen molar-refractivity contribution in [2.75, 3.05) is 13.2 Å². The number of hydrogen-bond acceptors (Lipinski definition) is 3. The fraction of sp³-hybridized carbons (Fsp3) is 0.375. The quantitative estimate of drug-likeness (QED) is 0.733. The Hall–Kier alpha value is -0.780. The normalized spacial score (nSPS) is 9.86. The summed E-state index contributed by atoms with van der Waals surface area (Å²) in [5.41, 5.74) is 0.899. The smallest absolute Gasteiger partial charge is 0.315 e. The first-order valence-electron chi connectivity index (χ1n) is 4.07. The van der Waals surface area contributed by atoms with Crippen LogP contribution in [0.4, 0.5) is 4.79 Å². The van der Waals surface area contributed by atoms with Gasteiger partial charge in [0, 0.05) is 24.0 Å². The van der Waals surface area contributed by atoms with Crippen LogP contribution in [0.2, 0.25) is 5.02 Å². The van der Waals surface area contributed by atoms with E-state index in [0.29, 0.717) is 11.6 Å². The maximum Gasteiger partial charge on any atom is 0.315 e. The van der Waals surface area contributed by atoms with Crippen LogP contribution in [-0.2, 0) is 6.54 Å². The molecule has 0 aromatic carbocycles. The minimum absolute atomic E-state index is 0.0629. The van der Waals surface area contributed by atoms with Gasteiger partial charge in [-0.1, -0.05) is 11.6 Å². The van der Waals surface area contributed by atoms with Crippen molar-refractivity contribution in [2.24, 2.45) is 0 Å². The van der Waals surface area contributed by atoms with E-state index < -0.39 is 0 Å². The molecule has 3 N–H and O–H groups in total. The third-order valence-corrected chi connectivity index (χ3v) is 2.80. The largest absolute Gasteiger partial charge is 0.395 e. The lowest BCUT2D eigenvalue weighted by atomic mass is 10.3. The van der Waals surface area contributed by atoms with Gasteiger partial charge >= 0.3 is 6.03 Å². The number of rotatable bonds is 4. The van der Waals surface area contributed by atoms with E-state index in [0.717, 1.165) is 5.56 Å². The summed E-state index contributed by atoms with van der Waals surface area (Å²) in [6.07, 6.45) is 0. The molecule has 2 amide bonds. The number of amides is 2. The van der Waals surface area contributed by atoms with E-state index >= 15 is 0 Å². The van der Waals surface area contributed by atoms with Gasteiger partial charge in [0.05, 0.1) is 11.6 Å². The standard InChI is InChI=1S/C8H11ClN2O2S/c9-7-5-14-4-6(7)3-11-8(13)10-1-2-12/h4-5,12H,1-3H2,(H2,10,11,13).